The molecule has 2 aromatic rings. The number of hydrogen-bond acceptors (Lipinski definition) is 4. The number of carbonyl (C=O) groups is 1. The number of aliphatic imine (C=N–C) groups is 1. The first-order chi connectivity index (χ1) is 12.4. The van der Waals surface area contributed by atoms with E-state index in [0.29, 0.717) is 24.8 Å². The molecule has 1 amide bonds. The van der Waals surface area contributed by atoms with Crippen LogP contribution < -0.4 is 15.8 Å². The highest BCUT2D eigenvalue weighted by Crippen LogP contribution is 2.16. The van der Waals surface area contributed by atoms with E-state index in [1.165, 1.54) is 18.2 Å². The fourth-order valence-corrected chi connectivity index (χ4v) is 2.28. The minimum Gasteiger partial charge on any atom is -0.454 e. The third-order valence-corrected chi connectivity index (χ3v) is 3.47. The normalized spacial score (nSPS) is 11.5. The molecule has 0 bridgehead atoms. The van der Waals surface area contributed by atoms with Crippen LogP contribution in [-0.4, -0.2) is 37.5 Å². The van der Waals surface area contributed by atoms with Crippen molar-refractivity contribution in [2.75, 3.05) is 14.1 Å². The van der Waals surface area contributed by atoms with Crippen LogP contribution in [0.3, 0.4) is 0 Å². The number of furan rings is 1. The Morgan fingerprint density at radius 2 is 2.00 bits per heavy atom. The molecule has 0 atom stereocenters. The fraction of sp³-hybridized carbons (Fsp3) is 0.294. The summed E-state index contributed by atoms with van der Waals surface area (Å²) in [6, 6.07) is 9.54. The van der Waals surface area contributed by atoms with E-state index in [1.807, 2.05) is 11.9 Å². The first-order valence-electron chi connectivity index (χ1n) is 7.73. The zero-order valence-electron chi connectivity index (χ0n) is 14.4. The van der Waals surface area contributed by atoms with E-state index < -0.39 is 12.5 Å². The van der Waals surface area contributed by atoms with Gasteiger partial charge in [-0.05, 0) is 29.8 Å². The van der Waals surface area contributed by atoms with Crippen molar-refractivity contribution in [2.45, 2.75) is 19.7 Å². The van der Waals surface area contributed by atoms with E-state index in [4.69, 9.17) is 10.2 Å². The van der Waals surface area contributed by atoms with E-state index in [-0.39, 0.29) is 11.5 Å². The van der Waals surface area contributed by atoms with Crippen LogP contribution in [0.15, 0.2) is 45.8 Å². The second-order valence-corrected chi connectivity index (χ2v) is 5.41. The number of primary amides is 1. The average molecular weight is 366 g/mol. The topological polar surface area (TPSA) is 93.1 Å². The van der Waals surface area contributed by atoms with E-state index in [1.54, 1.807) is 25.2 Å². The zero-order valence-corrected chi connectivity index (χ0v) is 14.4. The van der Waals surface area contributed by atoms with E-state index >= 15 is 0 Å². The number of guanidine groups is 1. The Morgan fingerprint density at radius 3 is 2.54 bits per heavy atom. The molecule has 0 aliphatic rings. The molecule has 1 heterocycles. The Kier molecular flexibility index (Phi) is 6.54. The third-order valence-electron chi connectivity index (χ3n) is 3.47. The number of carbonyl (C=O) groups excluding carboxylic acids is 1. The van der Waals surface area contributed by atoms with Crippen molar-refractivity contribution in [1.29, 1.82) is 0 Å². The molecule has 0 saturated carbocycles. The van der Waals surface area contributed by atoms with Crippen molar-refractivity contribution in [1.82, 2.24) is 10.2 Å². The maximum absolute atomic E-state index is 12.2. The molecule has 26 heavy (non-hydrogen) atoms. The van der Waals surface area contributed by atoms with Gasteiger partial charge in [0, 0.05) is 20.6 Å². The van der Waals surface area contributed by atoms with Gasteiger partial charge < -0.3 is 25.1 Å². The van der Waals surface area contributed by atoms with Gasteiger partial charge in [-0.1, -0.05) is 12.1 Å². The SMILES string of the molecule is CN=C(NCc1ccc(C(N)=O)o1)N(C)Cc1ccc(OC(F)F)cc1. The number of nitrogens with two attached hydrogens (primary N) is 1. The van der Waals surface area contributed by atoms with Crippen LogP contribution in [0, 0.1) is 0 Å². The number of benzene rings is 1. The Balaban J connectivity index is 1.91. The lowest BCUT2D eigenvalue weighted by Crippen LogP contribution is -2.37. The predicted octanol–water partition coefficient (Wildman–Crippen LogP) is 2.19. The number of alkyl halides is 2. The molecule has 0 saturated heterocycles. The fourth-order valence-electron chi connectivity index (χ4n) is 2.28. The molecule has 7 nitrogen and oxygen atoms in total. The molecule has 0 radical (unpaired) electrons. The highest BCUT2D eigenvalue weighted by atomic mass is 19.3. The van der Waals surface area contributed by atoms with Crippen molar-refractivity contribution in [3.05, 3.63) is 53.5 Å². The van der Waals surface area contributed by atoms with Crippen LogP contribution in [0.4, 0.5) is 8.78 Å². The standard InChI is InChI=1S/C17H20F2N4O3/c1-21-17(22-9-13-7-8-14(25-13)15(20)24)23(2)10-11-3-5-12(6-4-11)26-16(18)19/h3-8,16H,9-10H2,1-2H3,(H2,20,24)(H,21,22). The van der Waals surface area contributed by atoms with Crippen molar-refractivity contribution < 1.29 is 22.7 Å². The number of nitrogens with zero attached hydrogens (tertiary/aromatic N) is 2. The minimum absolute atomic E-state index is 0.0937. The van der Waals surface area contributed by atoms with Gasteiger partial charge in [-0.2, -0.15) is 8.78 Å². The minimum atomic E-state index is -2.84. The first kappa shape index (κ1) is 19.2. The summed E-state index contributed by atoms with van der Waals surface area (Å²) in [6.07, 6.45) is 0. The van der Waals surface area contributed by atoms with Gasteiger partial charge in [-0.15, -0.1) is 0 Å². The van der Waals surface area contributed by atoms with Crippen LogP contribution >= 0.6 is 0 Å². The number of nitrogens with one attached hydrogen (secondary N) is 1. The number of rotatable bonds is 7. The molecule has 1 aromatic heterocycles. The molecule has 3 N–H and O–H groups in total. The molecule has 9 heteroatoms. The summed E-state index contributed by atoms with van der Waals surface area (Å²) >= 11 is 0. The monoisotopic (exact) mass is 366 g/mol. The molecular formula is C17H20F2N4O3. The summed E-state index contributed by atoms with van der Waals surface area (Å²) in [5, 5.41) is 3.10. The lowest BCUT2D eigenvalue weighted by Gasteiger charge is -2.22. The molecule has 0 aliphatic heterocycles. The summed E-state index contributed by atoms with van der Waals surface area (Å²) in [6.45, 7) is -2.02. The quantitative estimate of drug-likeness (QED) is 0.579. The Morgan fingerprint density at radius 1 is 1.31 bits per heavy atom. The Hall–Kier alpha value is -3.10. The van der Waals surface area contributed by atoms with Crippen LogP contribution in [-0.2, 0) is 13.1 Å². The van der Waals surface area contributed by atoms with Gasteiger partial charge in [0.25, 0.3) is 5.91 Å². The average Bonchev–Trinajstić information content (AvgIpc) is 3.06. The van der Waals surface area contributed by atoms with Gasteiger partial charge in [0.05, 0.1) is 6.54 Å². The second-order valence-electron chi connectivity index (χ2n) is 5.41. The second kappa shape index (κ2) is 8.84. The lowest BCUT2D eigenvalue weighted by atomic mass is 10.2. The van der Waals surface area contributed by atoms with Crippen LogP contribution in [0.2, 0.25) is 0 Å². The summed E-state index contributed by atoms with van der Waals surface area (Å²) in [5.74, 6) is 0.710. The van der Waals surface area contributed by atoms with Gasteiger partial charge in [0.1, 0.15) is 11.5 Å². The van der Waals surface area contributed by atoms with Gasteiger partial charge >= 0.3 is 6.61 Å². The molecule has 2 rings (SSSR count). The highest BCUT2D eigenvalue weighted by molar-refractivity contribution is 5.89. The third kappa shape index (κ3) is 5.47. The van der Waals surface area contributed by atoms with Crippen LogP contribution in [0.1, 0.15) is 21.9 Å². The van der Waals surface area contributed by atoms with Crippen molar-refractivity contribution in [2.24, 2.45) is 10.7 Å². The molecule has 0 spiro atoms. The largest absolute Gasteiger partial charge is 0.454 e. The summed E-state index contributed by atoms with van der Waals surface area (Å²) in [5.41, 5.74) is 6.04. The van der Waals surface area contributed by atoms with Crippen molar-refractivity contribution >= 4 is 11.9 Å². The smallest absolute Gasteiger partial charge is 0.387 e. The summed E-state index contributed by atoms with van der Waals surface area (Å²) in [7, 11) is 3.46. The van der Waals surface area contributed by atoms with Crippen LogP contribution in [0.25, 0.3) is 0 Å². The molecule has 0 unspecified atom stereocenters. The number of halogens is 2. The zero-order chi connectivity index (χ0) is 19.1. The van der Waals surface area contributed by atoms with E-state index in [2.05, 4.69) is 15.0 Å². The van der Waals surface area contributed by atoms with Crippen molar-refractivity contribution in [3.63, 3.8) is 0 Å². The van der Waals surface area contributed by atoms with Crippen molar-refractivity contribution in [3.8, 4) is 5.75 Å². The van der Waals surface area contributed by atoms with Gasteiger partial charge in [0.2, 0.25) is 0 Å². The molecule has 0 fully saturated rings. The number of hydrogen-bond donors (Lipinski definition) is 2. The lowest BCUT2D eigenvalue weighted by molar-refractivity contribution is -0.0498. The maximum atomic E-state index is 12.2. The Labute approximate surface area is 149 Å². The first-order valence-corrected chi connectivity index (χ1v) is 7.73. The maximum Gasteiger partial charge on any atom is 0.387 e. The molecular weight excluding hydrogens is 346 g/mol. The summed E-state index contributed by atoms with van der Waals surface area (Å²) < 4.78 is 34.0. The Bertz CT molecular complexity index is 760. The van der Waals surface area contributed by atoms with Gasteiger partial charge in [0.15, 0.2) is 11.7 Å². The predicted molar refractivity (Wildman–Crippen MR) is 92.0 cm³/mol. The molecule has 1 aromatic carbocycles. The number of ether oxygens (including phenoxy) is 1. The highest BCUT2D eigenvalue weighted by Gasteiger charge is 2.11. The van der Waals surface area contributed by atoms with Gasteiger partial charge in [-0.3, -0.25) is 9.79 Å². The van der Waals surface area contributed by atoms with Gasteiger partial charge in [-0.25, -0.2) is 0 Å². The van der Waals surface area contributed by atoms with E-state index in [9.17, 15) is 13.6 Å². The van der Waals surface area contributed by atoms with Crippen LogP contribution in [0.5, 0.6) is 5.75 Å². The van der Waals surface area contributed by atoms with E-state index in [0.717, 1.165) is 5.56 Å². The number of amides is 1. The summed E-state index contributed by atoms with van der Waals surface area (Å²) in [4.78, 5) is 17.0. The molecule has 0 aliphatic carbocycles. The molecule has 140 valence electrons.